The van der Waals surface area contributed by atoms with Gasteiger partial charge in [-0.25, -0.2) is 0 Å². The summed E-state index contributed by atoms with van der Waals surface area (Å²) in [5, 5.41) is 3.52. The topological polar surface area (TPSA) is 82.6 Å². The largest absolute Gasteiger partial charge is 0.365 e. The van der Waals surface area contributed by atoms with E-state index in [1.54, 1.807) is 6.07 Å². The Morgan fingerprint density at radius 1 is 1.19 bits per heavy atom. The summed E-state index contributed by atoms with van der Waals surface area (Å²) in [5.41, 5.74) is 1.12. The average molecular weight is 455 g/mol. The standard InChI is InChI=1S/C24H27ClN4O3/c1-16-4-3-5-20(26-16)24(21(30)14-22(31)27-24)11-10-23(32)28-12-13-29(17(2)15-28)19-8-6-18(25)7-9-19/h3-9,17H,10-15H2,1-2H3,(H,27,31)/t17-,24?/m0/s1. The van der Waals surface area contributed by atoms with Crippen LogP contribution in [0, 0.1) is 6.92 Å². The Bertz CT molecular complexity index is 1040. The van der Waals surface area contributed by atoms with Crippen LogP contribution in [0.1, 0.15) is 37.6 Å². The minimum atomic E-state index is -1.23. The SMILES string of the molecule is Cc1cccc(C2(CCC(=O)N3CCN(c4ccc(Cl)cc4)[C@@H](C)C3)NC(=O)CC2=O)n1. The summed E-state index contributed by atoms with van der Waals surface area (Å²) in [5.74, 6) is -0.570. The number of carbonyl (C=O) groups excluding carboxylic acids is 3. The Morgan fingerprint density at radius 3 is 2.56 bits per heavy atom. The van der Waals surface area contributed by atoms with Gasteiger partial charge < -0.3 is 15.1 Å². The molecule has 2 aliphatic heterocycles. The Balaban J connectivity index is 1.44. The third kappa shape index (κ3) is 4.35. The summed E-state index contributed by atoms with van der Waals surface area (Å²) in [6.45, 7) is 5.84. The van der Waals surface area contributed by atoms with E-state index in [2.05, 4.69) is 22.1 Å². The van der Waals surface area contributed by atoms with Crippen molar-refractivity contribution in [2.45, 2.75) is 44.7 Å². The maximum absolute atomic E-state index is 13.1. The molecule has 0 radical (unpaired) electrons. The first kappa shape index (κ1) is 22.3. The second kappa shape index (κ2) is 8.90. The third-order valence-corrected chi connectivity index (χ3v) is 6.58. The highest BCUT2D eigenvalue weighted by atomic mass is 35.5. The monoisotopic (exact) mass is 454 g/mol. The van der Waals surface area contributed by atoms with Gasteiger partial charge in [0.1, 0.15) is 5.54 Å². The van der Waals surface area contributed by atoms with E-state index in [0.717, 1.165) is 17.9 Å². The molecule has 2 aliphatic rings. The van der Waals surface area contributed by atoms with E-state index in [4.69, 9.17) is 11.6 Å². The molecule has 0 saturated carbocycles. The maximum Gasteiger partial charge on any atom is 0.228 e. The number of carbonyl (C=O) groups is 3. The first-order chi connectivity index (χ1) is 15.3. The van der Waals surface area contributed by atoms with Gasteiger partial charge in [-0.3, -0.25) is 19.4 Å². The number of halogens is 1. The summed E-state index contributed by atoms with van der Waals surface area (Å²) in [4.78, 5) is 46.5. The number of benzene rings is 1. The van der Waals surface area contributed by atoms with E-state index in [-0.39, 0.29) is 42.9 Å². The summed E-state index contributed by atoms with van der Waals surface area (Å²) in [6, 6.07) is 13.3. The number of piperazine rings is 1. The molecule has 2 atom stereocenters. The molecule has 2 fully saturated rings. The molecule has 2 saturated heterocycles. The van der Waals surface area contributed by atoms with Crippen molar-refractivity contribution < 1.29 is 14.4 Å². The molecule has 1 N–H and O–H groups in total. The highest BCUT2D eigenvalue weighted by molar-refractivity contribution is 6.30. The zero-order valence-electron chi connectivity index (χ0n) is 18.3. The van der Waals surface area contributed by atoms with Crippen molar-refractivity contribution in [2.75, 3.05) is 24.5 Å². The molecule has 0 aliphatic carbocycles. The lowest BCUT2D eigenvalue weighted by Crippen LogP contribution is -2.54. The highest BCUT2D eigenvalue weighted by Crippen LogP contribution is 2.33. The fourth-order valence-corrected chi connectivity index (χ4v) is 4.75. The summed E-state index contributed by atoms with van der Waals surface area (Å²) in [7, 11) is 0. The van der Waals surface area contributed by atoms with E-state index in [9.17, 15) is 14.4 Å². The molecule has 0 bridgehead atoms. The van der Waals surface area contributed by atoms with Crippen LogP contribution in [0.4, 0.5) is 5.69 Å². The van der Waals surface area contributed by atoms with Crippen molar-refractivity contribution in [3.8, 4) is 0 Å². The van der Waals surface area contributed by atoms with E-state index >= 15 is 0 Å². The molecule has 1 unspecified atom stereocenters. The number of aromatic nitrogens is 1. The highest BCUT2D eigenvalue weighted by Gasteiger charge is 2.48. The lowest BCUT2D eigenvalue weighted by atomic mass is 9.86. The first-order valence-corrected chi connectivity index (χ1v) is 11.2. The number of ketones is 1. The number of amides is 2. The molecule has 8 heteroatoms. The number of hydrogen-bond acceptors (Lipinski definition) is 5. The van der Waals surface area contributed by atoms with Gasteiger partial charge in [-0.15, -0.1) is 0 Å². The van der Waals surface area contributed by atoms with Crippen molar-refractivity contribution in [2.24, 2.45) is 0 Å². The Kier molecular flexibility index (Phi) is 6.20. The van der Waals surface area contributed by atoms with Crippen LogP contribution in [0.5, 0.6) is 0 Å². The van der Waals surface area contributed by atoms with Gasteiger partial charge in [0, 0.05) is 48.5 Å². The fourth-order valence-electron chi connectivity index (χ4n) is 4.62. The number of nitrogens with one attached hydrogen (secondary N) is 1. The van der Waals surface area contributed by atoms with Gasteiger partial charge in [-0.05, 0) is 56.7 Å². The Morgan fingerprint density at radius 2 is 1.94 bits per heavy atom. The third-order valence-electron chi connectivity index (χ3n) is 6.33. The van der Waals surface area contributed by atoms with Crippen LogP contribution < -0.4 is 10.2 Å². The molecule has 0 spiro atoms. The van der Waals surface area contributed by atoms with Crippen LogP contribution in [0.2, 0.25) is 5.02 Å². The molecule has 32 heavy (non-hydrogen) atoms. The van der Waals surface area contributed by atoms with Gasteiger partial charge in [-0.2, -0.15) is 0 Å². The number of aryl methyl sites for hydroxylation is 1. The van der Waals surface area contributed by atoms with Crippen molar-refractivity contribution in [3.63, 3.8) is 0 Å². The fraction of sp³-hybridized carbons (Fsp3) is 0.417. The average Bonchev–Trinajstić information content (AvgIpc) is 3.06. The van der Waals surface area contributed by atoms with Crippen molar-refractivity contribution in [3.05, 3.63) is 58.9 Å². The zero-order chi connectivity index (χ0) is 22.9. The zero-order valence-corrected chi connectivity index (χ0v) is 19.1. The maximum atomic E-state index is 13.1. The quantitative estimate of drug-likeness (QED) is 0.702. The van der Waals surface area contributed by atoms with E-state index in [1.165, 1.54) is 0 Å². The summed E-state index contributed by atoms with van der Waals surface area (Å²) < 4.78 is 0. The lowest BCUT2D eigenvalue weighted by Gasteiger charge is -2.41. The molecule has 1 aromatic carbocycles. The van der Waals surface area contributed by atoms with Crippen LogP contribution >= 0.6 is 11.6 Å². The summed E-state index contributed by atoms with van der Waals surface area (Å²) >= 11 is 6.00. The molecular formula is C24H27ClN4O3. The molecule has 4 rings (SSSR count). The lowest BCUT2D eigenvalue weighted by molar-refractivity contribution is -0.133. The van der Waals surface area contributed by atoms with Gasteiger partial charge >= 0.3 is 0 Å². The van der Waals surface area contributed by atoms with Gasteiger partial charge in [0.25, 0.3) is 0 Å². The summed E-state index contributed by atoms with van der Waals surface area (Å²) in [6.07, 6.45) is 0.189. The van der Waals surface area contributed by atoms with E-state index in [0.29, 0.717) is 23.8 Å². The van der Waals surface area contributed by atoms with Crippen molar-refractivity contribution >= 4 is 34.9 Å². The predicted molar refractivity (Wildman–Crippen MR) is 122 cm³/mol. The molecule has 1 aromatic heterocycles. The normalized spacial score (nSPS) is 23.4. The molecular weight excluding hydrogens is 428 g/mol. The molecule has 168 valence electrons. The number of hydrogen-bond donors (Lipinski definition) is 1. The van der Waals surface area contributed by atoms with Crippen LogP contribution in [0.15, 0.2) is 42.5 Å². The second-order valence-corrected chi connectivity index (χ2v) is 9.01. The molecule has 2 aromatic rings. The van der Waals surface area contributed by atoms with Crippen LogP contribution in [-0.4, -0.2) is 53.2 Å². The molecule has 3 heterocycles. The van der Waals surface area contributed by atoms with E-state index in [1.807, 2.05) is 48.2 Å². The number of rotatable bonds is 5. The second-order valence-electron chi connectivity index (χ2n) is 8.58. The van der Waals surface area contributed by atoms with Gasteiger partial charge in [0.2, 0.25) is 11.8 Å². The number of Topliss-reactive ketones (excluding diaryl/α,β-unsaturated/α-hetero) is 1. The van der Waals surface area contributed by atoms with Crippen LogP contribution in [0.25, 0.3) is 0 Å². The minimum Gasteiger partial charge on any atom is -0.365 e. The number of pyridine rings is 1. The Labute approximate surface area is 192 Å². The molecule has 7 nitrogen and oxygen atoms in total. The predicted octanol–water partition coefficient (Wildman–Crippen LogP) is 2.85. The molecule has 2 amide bonds. The minimum absolute atomic E-state index is 0.0198. The van der Waals surface area contributed by atoms with Gasteiger partial charge in [0.05, 0.1) is 12.1 Å². The van der Waals surface area contributed by atoms with E-state index < -0.39 is 5.54 Å². The van der Waals surface area contributed by atoms with Gasteiger partial charge in [-0.1, -0.05) is 17.7 Å². The smallest absolute Gasteiger partial charge is 0.228 e. The van der Waals surface area contributed by atoms with Gasteiger partial charge in [0.15, 0.2) is 5.78 Å². The van der Waals surface area contributed by atoms with Crippen molar-refractivity contribution in [1.82, 2.24) is 15.2 Å². The number of anilines is 1. The van der Waals surface area contributed by atoms with Crippen LogP contribution in [-0.2, 0) is 19.9 Å². The first-order valence-electron chi connectivity index (χ1n) is 10.9. The Hall–Kier alpha value is -2.93. The van der Waals surface area contributed by atoms with Crippen molar-refractivity contribution in [1.29, 1.82) is 0 Å². The van der Waals surface area contributed by atoms with Crippen LogP contribution in [0.3, 0.4) is 0 Å². The number of nitrogens with zero attached hydrogens (tertiary/aromatic N) is 3.